The van der Waals surface area contributed by atoms with Crippen LogP contribution in [0.5, 0.6) is 0 Å². The van der Waals surface area contributed by atoms with Crippen molar-refractivity contribution in [2.45, 2.75) is 37.3 Å². The lowest BCUT2D eigenvalue weighted by molar-refractivity contribution is 0.0601. The number of allylic oxidation sites excluding steroid dienone is 4. The van der Waals surface area contributed by atoms with Gasteiger partial charge in [0, 0.05) is 10.4 Å². The molecule has 0 saturated heterocycles. The van der Waals surface area contributed by atoms with E-state index in [2.05, 4.69) is 11.9 Å². The first-order valence-electron chi connectivity index (χ1n) is 7.75. The Morgan fingerprint density at radius 3 is 2.52 bits per heavy atom. The Morgan fingerprint density at radius 1 is 1.40 bits per heavy atom. The summed E-state index contributed by atoms with van der Waals surface area (Å²) in [7, 11) is 1.30. The second kappa shape index (κ2) is 8.76. The number of rotatable bonds is 6. The second-order valence-electron chi connectivity index (χ2n) is 6.25. The number of carbonyl (C=O) groups excluding carboxylic acids is 1. The van der Waals surface area contributed by atoms with Crippen LogP contribution in [0.2, 0.25) is 0 Å². The molecule has 6 heteroatoms. The van der Waals surface area contributed by atoms with E-state index in [1.807, 2.05) is 27.7 Å². The van der Waals surface area contributed by atoms with Crippen molar-refractivity contribution in [3.8, 4) is 0 Å². The van der Waals surface area contributed by atoms with Gasteiger partial charge in [0.25, 0.3) is 0 Å². The van der Waals surface area contributed by atoms with E-state index >= 15 is 0 Å². The first-order valence-corrected chi connectivity index (χ1v) is 8.57. The molecule has 1 aromatic carbocycles. The number of anilines is 2. The van der Waals surface area contributed by atoms with E-state index in [0.29, 0.717) is 16.3 Å². The molecule has 0 atom stereocenters. The molecular formula is C19H25FN2O2S. The highest BCUT2D eigenvalue weighted by molar-refractivity contribution is 8.00. The van der Waals surface area contributed by atoms with Gasteiger partial charge in [-0.3, -0.25) is 0 Å². The third-order valence-corrected chi connectivity index (χ3v) is 4.27. The van der Waals surface area contributed by atoms with Gasteiger partial charge in [-0.2, -0.15) is 0 Å². The fourth-order valence-corrected chi connectivity index (χ4v) is 3.01. The summed E-state index contributed by atoms with van der Waals surface area (Å²) in [6.07, 6.45) is 4.97. The number of ether oxygens (including phenoxy) is 1. The largest absolute Gasteiger partial charge is 0.465 e. The number of benzene rings is 1. The zero-order valence-corrected chi connectivity index (χ0v) is 16.1. The van der Waals surface area contributed by atoms with E-state index < -0.39 is 11.8 Å². The summed E-state index contributed by atoms with van der Waals surface area (Å²) in [6, 6.07) is 3.20. The van der Waals surface area contributed by atoms with Crippen LogP contribution in [0.3, 0.4) is 0 Å². The van der Waals surface area contributed by atoms with Crippen LogP contribution >= 0.6 is 11.8 Å². The Morgan fingerprint density at radius 2 is 2.04 bits per heavy atom. The van der Waals surface area contributed by atoms with Gasteiger partial charge in [0.1, 0.15) is 5.83 Å². The molecule has 0 amide bonds. The highest BCUT2D eigenvalue weighted by Crippen LogP contribution is 2.43. The fraction of sp³-hybridized carbons (Fsp3) is 0.316. The number of nitrogen functional groups attached to an aromatic ring is 1. The van der Waals surface area contributed by atoms with Crippen molar-refractivity contribution in [3.05, 3.63) is 54.0 Å². The lowest BCUT2D eigenvalue weighted by atomic mass is 10.1. The van der Waals surface area contributed by atoms with Crippen molar-refractivity contribution < 1.29 is 13.9 Å². The van der Waals surface area contributed by atoms with Crippen LogP contribution in [0, 0.1) is 0 Å². The Balaban J connectivity index is 3.58. The van der Waals surface area contributed by atoms with Crippen LogP contribution in [0.4, 0.5) is 15.8 Å². The Bertz CT molecular complexity index is 719. The number of hydrogen-bond acceptors (Lipinski definition) is 5. The Labute approximate surface area is 153 Å². The highest BCUT2D eigenvalue weighted by Gasteiger charge is 2.23. The molecule has 136 valence electrons. The number of hydrogen-bond donors (Lipinski definition) is 2. The normalized spacial score (nSPS) is 12.3. The van der Waals surface area contributed by atoms with E-state index in [0.717, 1.165) is 0 Å². The van der Waals surface area contributed by atoms with E-state index in [4.69, 9.17) is 10.5 Å². The average molecular weight is 364 g/mol. The summed E-state index contributed by atoms with van der Waals surface area (Å²) in [4.78, 5) is 12.8. The van der Waals surface area contributed by atoms with E-state index in [-0.39, 0.29) is 16.0 Å². The summed E-state index contributed by atoms with van der Waals surface area (Å²) in [6.45, 7) is 11.2. The second-order valence-corrected chi connectivity index (χ2v) is 8.09. The van der Waals surface area contributed by atoms with Crippen molar-refractivity contribution >= 4 is 29.1 Å². The number of esters is 1. The van der Waals surface area contributed by atoms with Gasteiger partial charge in [0.15, 0.2) is 0 Å². The van der Waals surface area contributed by atoms with Crippen LogP contribution in [0.15, 0.2) is 53.4 Å². The minimum Gasteiger partial charge on any atom is -0.465 e. The van der Waals surface area contributed by atoms with Crippen molar-refractivity contribution in [2.24, 2.45) is 0 Å². The molecule has 0 fully saturated rings. The summed E-state index contributed by atoms with van der Waals surface area (Å²) in [5, 5.41) is 2.96. The first kappa shape index (κ1) is 20.8. The molecule has 0 bridgehead atoms. The first-order chi connectivity index (χ1) is 11.6. The van der Waals surface area contributed by atoms with Gasteiger partial charge in [-0.25, -0.2) is 9.18 Å². The maximum absolute atomic E-state index is 13.8. The molecule has 0 saturated carbocycles. The molecule has 0 aliphatic rings. The third-order valence-electron chi connectivity index (χ3n) is 3.01. The molecule has 0 spiro atoms. The molecule has 0 aromatic heterocycles. The van der Waals surface area contributed by atoms with Gasteiger partial charge < -0.3 is 15.8 Å². The SMILES string of the molecule is C=C(F)C(=CC=CC)Nc1c(C(=O)OC)ccc(N)c1SC(C)(C)C. The van der Waals surface area contributed by atoms with Crippen molar-refractivity contribution in [2.75, 3.05) is 18.2 Å². The van der Waals surface area contributed by atoms with Crippen LogP contribution in [0.1, 0.15) is 38.1 Å². The molecular weight excluding hydrogens is 339 g/mol. The molecule has 0 radical (unpaired) electrons. The molecule has 0 aliphatic heterocycles. The zero-order valence-electron chi connectivity index (χ0n) is 15.3. The van der Waals surface area contributed by atoms with Gasteiger partial charge in [-0.15, -0.1) is 11.8 Å². The highest BCUT2D eigenvalue weighted by atomic mass is 32.2. The smallest absolute Gasteiger partial charge is 0.340 e. The molecule has 0 aliphatic carbocycles. The maximum atomic E-state index is 13.8. The number of nitrogens with one attached hydrogen (secondary N) is 1. The minimum atomic E-state index is -0.650. The van der Waals surface area contributed by atoms with Gasteiger partial charge in [0.05, 0.1) is 29.0 Å². The zero-order chi connectivity index (χ0) is 19.2. The van der Waals surface area contributed by atoms with Crippen LogP contribution in [-0.2, 0) is 4.74 Å². The van der Waals surface area contributed by atoms with E-state index in [9.17, 15) is 9.18 Å². The van der Waals surface area contributed by atoms with Gasteiger partial charge in [-0.1, -0.05) is 39.5 Å². The van der Waals surface area contributed by atoms with E-state index in [1.54, 1.807) is 24.3 Å². The number of halogens is 1. The standard InChI is InChI=1S/C19H25FN2O2S/c1-7-8-9-15(12(2)20)22-16-13(18(23)24-6)10-11-14(21)17(16)25-19(3,4)5/h7-11,22H,2,21H2,1,3-6H3. The Kier molecular flexibility index (Phi) is 7.30. The lowest BCUT2D eigenvalue weighted by Gasteiger charge is -2.24. The molecule has 1 rings (SSSR count). The lowest BCUT2D eigenvalue weighted by Crippen LogP contribution is -2.14. The number of thioether (sulfide) groups is 1. The van der Waals surface area contributed by atoms with Crippen LogP contribution in [0.25, 0.3) is 0 Å². The quantitative estimate of drug-likeness (QED) is 0.310. The predicted molar refractivity (Wildman–Crippen MR) is 105 cm³/mol. The predicted octanol–water partition coefficient (Wildman–Crippen LogP) is 5.30. The summed E-state index contributed by atoms with van der Waals surface area (Å²) in [5.41, 5.74) is 7.44. The van der Waals surface area contributed by atoms with Crippen molar-refractivity contribution in [1.29, 1.82) is 0 Å². The van der Waals surface area contributed by atoms with Gasteiger partial charge >= 0.3 is 5.97 Å². The number of nitrogens with two attached hydrogens (primary N) is 1. The average Bonchev–Trinajstić information content (AvgIpc) is 2.52. The number of methoxy groups -OCH3 is 1. The molecule has 4 nitrogen and oxygen atoms in total. The Hall–Kier alpha value is -2.21. The molecule has 3 N–H and O–H groups in total. The molecule has 1 aromatic rings. The monoisotopic (exact) mass is 364 g/mol. The van der Waals surface area contributed by atoms with Crippen LogP contribution in [-0.4, -0.2) is 17.8 Å². The molecule has 0 unspecified atom stereocenters. The van der Waals surface area contributed by atoms with Crippen molar-refractivity contribution in [3.63, 3.8) is 0 Å². The van der Waals surface area contributed by atoms with Crippen molar-refractivity contribution in [1.82, 2.24) is 0 Å². The minimum absolute atomic E-state index is 0.143. The van der Waals surface area contributed by atoms with E-state index in [1.165, 1.54) is 24.9 Å². The molecule has 25 heavy (non-hydrogen) atoms. The topological polar surface area (TPSA) is 64.3 Å². The maximum Gasteiger partial charge on any atom is 0.340 e. The summed E-state index contributed by atoms with van der Waals surface area (Å²) < 4.78 is 18.5. The third kappa shape index (κ3) is 5.98. The van der Waals surface area contributed by atoms with Crippen LogP contribution < -0.4 is 11.1 Å². The summed E-state index contributed by atoms with van der Waals surface area (Å²) >= 11 is 1.48. The van der Waals surface area contributed by atoms with Gasteiger partial charge in [0.2, 0.25) is 0 Å². The summed E-state index contributed by atoms with van der Waals surface area (Å²) in [5.74, 6) is -1.18. The number of carbonyl (C=O) groups is 1. The van der Waals surface area contributed by atoms with Gasteiger partial charge in [-0.05, 0) is 25.1 Å². The fourth-order valence-electron chi connectivity index (χ4n) is 1.95. The molecule has 0 heterocycles.